The maximum atomic E-state index is 11.8. The largest absolute Gasteiger partial charge is 0.506 e. The molecule has 162 valence electrons. The number of benzene rings is 1. The van der Waals surface area contributed by atoms with Crippen LogP contribution in [0.25, 0.3) is 0 Å². The maximum Gasteiger partial charge on any atom is 0.328 e. The van der Waals surface area contributed by atoms with E-state index in [1.54, 1.807) is 18.2 Å². The molecule has 0 spiro atoms. The number of phenols is 1. The highest BCUT2D eigenvalue weighted by atomic mass is 32.2. The van der Waals surface area contributed by atoms with Gasteiger partial charge in [0.2, 0.25) is 16.9 Å². The Morgan fingerprint density at radius 3 is 2.30 bits per heavy atom. The number of hydrogen-bond donors (Lipinski definition) is 4. The third-order valence-corrected chi connectivity index (χ3v) is 4.70. The number of nitrogens with one attached hydrogen (secondary N) is 2. The fourth-order valence-corrected chi connectivity index (χ4v) is 2.92. The number of para-hydroxylation sites is 2. The number of amides is 2. The van der Waals surface area contributed by atoms with Crippen LogP contribution in [0.5, 0.6) is 5.75 Å². The first-order valence-electron chi connectivity index (χ1n) is 9.23. The molecule has 1 aromatic heterocycles. The Labute approximate surface area is 173 Å². The Morgan fingerprint density at radius 2 is 1.67 bits per heavy atom. The first-order chi connectivity index (χ1) is 14.3. The first-order valence-corrected chi connectivity index (χ1v) is 10.7. The molecule has 0 fully saturated rings. The summed E-state index contributed by atoms with van der Waals surface area (Å²) in [6.45, 7) is 0. The zero-order chi connectivity index (χ0) is 22.0. The molecule has 0 aliphatic carbocycles. The number of aromatic hydroxyl groups is 1. The quantitative estimate of drug-likeness (QED) is 0.138. The van der Waals surface area contributed by atoms with E-state index in [0.29, 0.717) is 24.9 Å². The smallest absolute Gasteiger partial charge is 0.328 e. The van der Waals surface area contributed by atoms with Gasteiger partial charge in [-0.25, -0.2) is 5.43 Å². The van der Waals surface area contributed by atoms with Crippen LogP contribution in [0, 0.1) is 0 Å². The number of unbranched alkanes of at least 4 members (excludes halogenated alkanes) is 3. The normalized spacial score (nSPS) is 11.5. The molecular formula is C19H23N3O7S. The highest BCUT2D eigenvalue weighted by Gasteiger charge is 2.14. The number of carbonyl (C=O) groups is 2. The van der Waals surface area contributed by atoms with Crippen molar-refractivity contribution in [1.82, 2.24) is 5.43 Å². The summed E-state index contributed by atoms with van der Waals surface area (Å²) in [6, 6.07) is 8.86. The number of phenolic OH excluding ortho intramolecular Hbond substituents is 1. The molecule has 4 N–H and O–H groups in total. The number of rotatable bonds is 11. The van der Waals surface area contributed by atoms with E-state index in [1.807, 2.05) is 0 Å². The number of carbonyl (C=O) groups excluding carboxylic acids is 2. The molecule has 0 aliphatic rings. The Morgan fingerprint density at radius 1 is 1.00 bits per heavy atom. The van der Waals surface area contributed by atoms with E-state index in [0.717, 1.165) is 25.1 Å². The fourth-order valence-electron chi connectivity index (χ4n) is 2.48. The monoisotopic (exact) mass is 437 g/mol. The molecule has 0 aliphatic heterocycles. The topological polar surface area (TPSA) is 158 Å². The Hall–Kier alpha value is -3.18. The molecule has 0 saturated carbocycles. The van der Waals surface area contributed by atoms with E-state index in [-0.39, 0.29) is 29.7 Å². The molecule has 11 heteroatoms. The van der Waals surface area contributed by atoms with Gasteiger partial charge in [-0.1, -0.05) is 25.0 Å². The summed E-state index contributed by atoms with van der Waals surface area (Å²) in [5.74, 6) is -0.417. The first kappa shape index (κ1) is 23.1. The molecule has 1 heterocycles. The Balaban J connectivity index is 1.56. The Kier molecular flexibility index (Phi) is 8.56. The lowest BCUT2D eigenvalue weighted by Gasteiger charge is -2.06. The van der Waals surface area contributed by atoms with Crippen molar-refractivity contribution in [2.24, 2.45) is 5.10 Å². The van der Waals surface area contributed by atoms with Gasteiger partial charge in [0.05, 0.1) is 11.9 Å². The average molecular weight is 437 g/mol. The van der Waals surface area contributed by atoms with Crippen molar-refractivity contribution in [3.05, 3.63) is 42.2 Å². The van der Waals surface area contributed by atoms with Crippen molar-refractivity contribution in [3.63, 3.8) is 0 Å². The summed E-state index contributed by atoms with van der Waals surface area (Å²) in [6.07, 6.45) is 4.50. The molecule has 0 radical (unpaired) electrons. The van der Waals surface area contributed by atoms with E-state index in [9.17, 15) is 23.1 Å². The SMILES string of the molecule is O=C(CCCCCCC(=O)Nc1ccccc1O)N/N=C/c1ccc(S(=O)(=O)O)o1. The lowest BCUT2D eigenvalue weighted by Crippen LogP contribution is -2.16. The summed E-state index contributed by atoms with van der Waals surface area (Å²) in [5.41, 5.74) is 2.67. The predicted octanol–water partition coefficient (Wildman–Crippen LogP) is 2.66. The van der Waals surface area contributed by atoms with Crippen LogP contribution < -0.4 is 10.7 Å². The van der Waals surface area contributed by atoms with Gasteiger partial charge in [0.1, 0.15) is 11.5 Å². The van der Waals surface area contributed by atoms with Crippen molar-refractivity contribution < 1.29 is 32.1 Å². The minimum absolute atomic E-state index is 0.0189. The summed E-state index contributed by atoms with van der Waals surface area (Å²) >= 11 is 0. The van der Waals surface area contributed by atoms with E-state index >= 15 is 0 Å². The van der Waals surface area contributed by atoms with E-state index in [4.69, 9.17) is 8.97 Å². The van der Waals surface area contributed by atoms with Gasteiger partial charge < -0.3 is 14.8 Å². The van der Waals surface area contributed by atoms with Gasteiger partial charge in [-0.3, -0.25) is 14.1 Å². The van der Waals surface area contributed by atoms with Crippen LogP contribution in [0.15, 0.2) is 51.0 Å². The number of nitrogens with zero attached hydrogens (tertiary/aromatic N) is 1. The summed E-state index contributed by atoms with van der Waals surface area (Å²) < 4.78 is 35.4. The molecule has 2 rings (SSSR count). The van der Waals surface area contributed by atoms with Gasteiger partial charge in [0, 0.05) is 12.8 Å². The van der Waals surface area contributed by atoms with E-state index in [2.05, 4.69) is 15.8 Å². The number of furan rings is 1. The molecule has 0 atom stereocenters. The van der Waals surface area contributed by atoms with Gasteiger partial charge in [-0.15, -0.1) is 0 Å². The third kappa shape index (κ3) is 8.05. The lowest BCUT2D eigenvalue weighted by atomic mass is 10.1. The number of hydrogen-bond acceptors (Lipinski definition) is 7. The van der Waals surface area contributed by atoms with Crippen LogP contribution in [0.2, 0.25) is 0 Å². The van der Waals surface area contributed by atoms with Gasteiger partial charge >= 0.3 is 10.1 Å². The highest BCUT2D eigenvalue weighted by Crippen LogP contribution is 2.21. The molecule has 2 aromatic rings. The van der Waals surface area contributed by atoms with Crippen LogP contribution in [0.1, 0.15) is 44.3 Å². The summed E-state index contributed by atoms with van der Waals surface area (Å²) in [7, 11) is -4.42. The standard InChI is InChI=1S/C19H23N3O7S/c23-16-8-6-5-7-15(16)21-17(24)9-3-1-2-4-10-18(25)22-20-13-14-11-12-19(29-14)30(26,27)28/h5-8,11-13,23H,1-4,9-10H2,(H,21,24)(H,22,25)(H,26,27,28)/b20-13+. The second kappa shape index (κ2) is 11.1. The van der Waals surface area contributed by atoms with Gasteiger partial charge in [0.15, 0.2) is 0 Å². The minimum atomic E-state index is -4.42. The zero-order valence-electron chi connectivity index (χ0n) is 16.1. The molecular weight excluding hydrogens is 414 g/mol. The van der Waals surface area contributed by atoms with Crippen molar-refractivity contribution in [3.8, 4) is 5.75 Å². The zero-order valence-corrected chi connectivity index (χ0v) is 16.9. The fraction of sp³-hybridized carbons (Fsp3) is 0.316. The molecule has 0 bridgehead atoms. The molecule has 2 amide bonds. The summed E-state index contributed by atoms with van der Waals surface area (Å²) in [4.78, 5) is 23.5. The van der Waals surface area contributed by atoms with Crippen molar-refractivity contribution in [1.29, 1.82) is 0 Å². The van der Waals surface area contributed by atoms with Crippen LogP contribution in [0.4, 0.5) is 5.69 Å². The second-order valence-corrected chi connectivity index (χ2v) is 7.76. The van der Waals surface area contributed by atoms with Crippen LogP contribution >= 0.6 is 0 Å². The molecule has 0 unspecified atom stereocenters. The van der Waals surface area contributed by atoms with Crippen molar-refractivity contribution in [2.45, 2.75) is 43.6 Å². The minimum Gasteiger partial charge on any atom is -0.506 e. The van der Waals surface area contributed by atoms with Gasteiger partial charge in [0.25, 0.3) is 0 Å². The molecule has 1 aromatic carbocycles. The van der Waals surface area contributed by atoms with Crippen LogP contribution in [-0.2, 0) is 19.7 Å². The molecule has 10 nitrogen and oxygen atoms in total. The van der Waals surface area contributed by atoms with Crippen molar-refractivity contribution >= 4 is 33.8 Å². The predicted molar refractivity (Wildman–Crippen MR) is 109 cm³/mol. The maximum absolute atomic E-state index is 11.8. The lowest BCUT2D eigenvalue weighted by molar-refractivity contribution is -0.121. The van der Waals surface area contributed by atoms with E-state index in [1.165, 1.54) is 12.1 Å². The van der Waals surface area contributed by atoms with Crippen LogP contribution in [-0.4, -0.2) is 36.1 Å². The summed E-state index contributed by atoms with van der Waals surface area (Å²) in [5, 5.41) is 15.3. The average Bonchev–Trinajstić information content (AvgIpc) is 3.16. The number of hydrazone groups is 1. The van der Waals surface area contributed by atoms with Gasteiger partial charge in [-0.05, 0) is 37.1 Å². The van der Waals surface area contributed by atoms with Crippen LogP contribution in [0.3, 0.4) is 0 Å². The second-order valence-electron chi connectivity index (χ2n) is 6.40. The number of anilines is 1. The third-order valence-electron chi connectivity index (χ3n) is 3.97. The highest BCUT2D eigenvalue weighted by molar-refractivity contribution is 7.85. The molecule has 0 saturated heterocycles. The van der Waals surface area contributed by atoms with E-state index < -0.39 is 15.2 Å². The van der Waals surface area contributed by atoms with Crippen molar-refractivity contribution in [2.75, 3.05) is 5.32 Å². The Bertz CT molecular complexity index is 999. The van der Waals surface area contributed by atoms with Gasteiger partial charge in [-0.2, -0.15) is 13.5 Å². The molecule has 30 heavy (non-hydrogen) atoms.